The maximum atomic E-state index is 2.47. The predicted octanol–water partition coefficient (Wildman–Crippen LogP) is 5.44. The van der Waals surface area contributed by atoms with E-state index in [1.807, 2.05) is 0 Å². The van der Waals surface area contributed by atoms with E-state index in [2.05, 4.69) is 19.4 Å². The van der Waals surface area contributed by atoms with Gasteiger partial charge in [-0.15, -0.1) is 0 Å². The molecule has 15 heavy (non-hydrogen) atoms. The molecule has 0 aromatic heterocycles. The third-order valence-electron chi connectivity index (χ3n) is 3.29. The average molecular weight is 207 g/mol. The first-order valence-electron chi connectivity index (χ1n) is 6.95. The second-order valence-corrected chi connectivity index (χ2v) is 4.79. The molecule has 0 nitrogen and oxygen atoms in total. The Labute approximate surface area is 96.2 Å². The van der Waals surface area contributed by atoms with Crippen molar-refractivity contribution in [2.75, 3.05) is 0 Å². The summed E-state index contributed by atoms with van der Waals surface area (Å²) in [7, 11) is 0. The maximum Gasteiger partial charge on any atom is -0.0138 e. The van der Waals surface area contributed by atoms with E-state index in [-0.39, 0.29) is 0 Å². The molecular weight excluding hydrogens is 180 g/mol. The van der Waals surface area contributed by atoms with Gasteiger partial charge in [0.25, 0.3) is 0 Å². The van der Waals surface area contributed by atoms with Crippen LogP contribution in [-0.4, -0.2) is 0 Å². The van der Waals surface area contributed by atoms with E-state index in [4.69, 9.17) is 0 Å². The fourth-order valence-corrected chi connectivity index (χ4v) is 2.27. The summed E-state index contributed by atoms with van der Waals surface area (Å²) in [5, 5.41) is 0. The summed E-state index contributed by atoms with van der Waals surface area (Å²) in [5.41, 5.74) is 1.63. The van der Waals surface area contributed by atoms with Crippen molar-refractivity contribution in [3.05, 3.63) is 18.1 Å². The Morgan fingerprint density at radius 3 is 2.47 bits per heavy atom. The minimum Gasteiger partial charge on any atom is -0.0850 e. The molecule has 0 fully saturated rings. The van der Waals surface area contributed by atoms with Gasteiger partial charge in [-0.1, -0.05) is 63.5 Å². The zero-order chi connectivity index (χ0) is 10.8. The quantitative estimate of drug-likeness (QED) is 0.441. The van der Waals surface area contributed by atoms with E-state index in [0.717, 1.165) is 0 Å². The van der Waals surface area contributed by atoms with Gasteiger partial charge < -0.3 is 0 Å². The molecule has 0 amide bonds. The largest absolute Gasteiger partial charge is 0.0850 e. The summed E-state index contributed by atoms with van der Waals surface area (Å²) < 4.78 is 0. The van der Waals surface area contributed by atoms with Crippen LogP contribution in [0.4, 0.5) is 0 Å². The molecule has 87 valence electrons. The average Bonchev–Trinajstić information content (AvgIpc) is 2.75. The number of unbranched alkanes of at least 4 members (excludes halogenated alkanes) is 7. The monoisotopic (exact) mass is 207 g/mol. The Hall–Kier alpha value is -0.260. The molecule has 1 radical (unpaired) electrons. The van der Waals surface area contributed by atoms with Crippen molar-refractivity contribution in [2.24, 2.45) is 0 Å². The standard InChI is InChI=1S/C15H27/c1-2-3-4-5-6-7-8-9-12-15-13-10-11-14-15/h12-13H,2-11,14H2,1H3. The van der Waals surface area contributed by atoms with Gasteiger partial charge in [0.05, 0.1) is 0 Å². The van der Waals surface area contributed by atoms with Gasteiger partial charge >= 0.3 is 0 Å². The first-order chi connectivity index (χ1) is 7.43. The molecule has 0 saturated carbocycles. The third-order valence-corrected chi connectivity index (χ3v) is 3.29. The molecule has 1 aliphatic rings. The molecule has 0 atom stereocenters. The smallest absolute Gasteiger partial charge is 0.0138 e. The molecule has 0 heteroatoms. The molecule has 1 rings (SSSR count). The van der Waals surface area contributed by atoms with Crippen LogP contribution in [0.25, 0.3) is 0 Å². The minimum atomic E-state index is 1.32. The normalized spacial score (nSPS) is 15.7. The van der Waals surface area contributed by atoms with E-state index in [1.165, 1.54) is 70.6 Å². The van der Waals surface area contributed by atoms with Crippen molar-refractivity contribution in [1.29, 1.82) is 0 Å². The molecule has 0 aromatic rings. The van der Waals surface area contributed by atoms with E-state index in [9.17, 15) is 0 Å². The summed E-state index contributed by atoms with van der Waals surface area (Å²) in [6.45, 7) is 2.28. The maximum absolute atomic E-state index is 2.47. The molecular formula is C15H27. The highest BCUT2D eigenvalue weighted by Crippen LogP contribution is 2.22. The van der Waals surface area contributed by atoms with Crippen molar-refractivity contribution < 1.29 is 0 Å². The van der Waals surface area contributed by atoms with E-state index >= 15 is 0 Å². The van der Waals surface area contributed by atoms with Crippen LogP contribution in [0, 0.1) is 6.42 Å². The number of hydrogen-bond acceptors (Lipinski definition) is 0. The number of allylic oxidation sites excluding steroid dienone is 2. The molecule has 0 saturated heterocycles. The lowest BCUT2D eigenvalue weighted by Gasteiger charge is -2.02. The fraction of sp³-hybridized carbons (Fsp3) is 0.800. The van der Waals surface area contributed by atoms with Crippen LogP contribution < -0.4 is 0 Å². The lowest BCUT2D eigenvalue weighted by Crippen LogP contribution is -1.83. The highest BCUT2D eigenvalue weighted by Gasteiger charge is 2.03. The summed E-state index contributed by atoms with van der Waals surface area (Å²) >= 11 is 0. The van der Waals surface area contributed by atoms with Crippen LogP contribution in [0.15, 0.2) is 11.6 Å². The Bertz CT molecular complexity index is 167. The summed E-state index contributed by atoms with van der Waals surface area (Å²) in [6, 6.07) is 0. The summed E-state index contributed by atoms with van der Waals surface area (Å²) in [5.74, 6) is 0. The highest BCUT2D eigenvalue weighted by molar-refractivity contribution is 5.16. The Morgan fingerprint density at radius 1 is 1.07 bits per heavy atom. The fourth-order valence-electron chi connectivity index (χ4n) is 2.27. The van der Waals surface area contributed by atoms with Gasteiger partial charge in [-0.25, -0.2) is 0 Å². The number of hydrogen-bond donors (Lipinski definition) is 0. The third kappa shape index (κ3) is 6.76. The van der Waals surface area contributed by atoms with Crippen LogP contribution in [0.2, 0.25) is 0 Å². The SMILES string of the molecule is CCCCCCCCC[CH]C1=CCCC1. The van der Waals surface area contributed by atoms with Gasteiger partial charge in [-0.05, 0) is 32.1 Å². The van der Waals surface area contributed by atoms with Crippen LogP contribution >= 0.6 is 0 Å². The lowest BCUT2D eigenvalue weighted by molar-refractivity contribution is 0.588. The van der Waals surface area contributed by atoms with Crippen molar-refractivity contribution >= 4 is 0 Å². The first kappa shape index (κ1) is 12.8. The van der Waals surface area contributed by atoms with Crippen molar-refractivity contribution in [2.45, 2.75) is 77.6 Å². The first-order valence-corrected chi connectivity index (χ1v) is 6.95. The minimum absolute atomic E-state index is 1.32. The van der Waals surface area contributed by atoms with Crippen LogP contribution in [0.3, 0.4) is 0 Å². The summed E-state index contributed by atoms with van der Waals surface area (Å²) in [6.07, 6.45) is 20.3. The molecule has 1 aliphatic carbocycles. The Balaban J connectivity index is 1.77. The van der Waals surface area contributed by atoms with E-state index in [0.29, 0.717) is 0 Å². The second kappa shape index (κ2) is 9.00. The van der Waals surface area contributed by atoms with Crippen molar-refractivity contribution in [3.8, 4) is 0 Å². The highest BCUT2D eigenvalue weighted by atomic mass is 14.1. The summed E-state index contributed by atoms with van der Waals surface area (Å²) in [4.78, 5) is 0. The lowest BCUT2D eigenvalue weighted by atomic mass is 10.0. The molecule has 0 bridgehead atoms. The van der Waals surface area contributed by atoms with Crippen molar-refractivity contribution in [3.63, 3.8) is 0 Å². The Morgan fingerprint density at radius 2 is 1.80 bits per heavy atom. The Kier molecular flexibility index (Phi) is 7.69. The van der Waals surface area contributed by atoms with E-state index < -0.39 is 0 Å². The topological polar surface area (TPSA) is 0 Å². The molecule has 0 unspecified atom stereocenters. The van der Waals surface area contributed by atoms with Gasteiger partial charge in [0.1, 0.15) is 0 Å². The van der Waals surface area contributed by atoms with E-state index in [1.54, 1.807) is 5.57 Å². The van der Waals surface area contributed by atoms with Crippen LogP contribution in [0.5, 0.6) is 0 Å². The van der Waals surface area contributed by atoms with Crippen molar-refractivity contribution in [1.82, 2.24) is 0 Å². The van der Waals surface area contributed by atoms with Gasteiger partial charge in [0.15, 0.2) is 0 Å². The number of rotatable bonds is 9. The van der Waals surface area contributed by atoms with Gasteiger partial charge in [-0.2, -0.15) is 0 Å². The molecule has 0 heterocycles. The second-order valence-electron chi connectivity index (χ2n) is 4.79. The molecule has 0 aromatic carbocycles. The van der Waals surface area contributed by atoms with Gasteiger partial charge in [0.2, 0.25) is 0 Å². The molecule has 0 spiro atoms. The zero-order valence-corrected chi connectivity index (χ0v) is 10.4. The van der Waals surface area contributed by atoms with Gasteiger partial charge in [-0.3, -0.25) is 0 Å². The molecule has 0 aliphatic heterocycles. The van der Waals surface area contributed by atoms with Crippen LogP contribution in [0.1, 0.15) is 77.6 Å². The van der Waals surface area contributed by atoms with Crippen LogP contribution in [-0.2, 0) is 0 Å². The predicted molar refractivity (Wildman–Crippen MR) is 68.8 cm³/mol. The zero-order valence-electron chi connectivity index (χ0n) is 10.4. The van der Waals surface area contributed by atoms with Gasteiger partial charge in [0, 0.05) is 0 Å². The molecule has 0 N–H and O–H groups in total.